The van der Waals surface area contributed by atoms with Crippen LogP contribution in [0.25, 0.3) is 0 Å². The van der Waals surface area contributed by atoms with E-state index < -0.39 is 8.32 Å². The number of carbonyl (C=O) groups excluding carboxylic acids is 2. The Labute approximate surface area is 185 Å². The highest BCUT2D eigenvalue weighted by Gasteiger charge is 2.38. The summed E-state index contributed by atoms with van der Waals surface area (Å²) in [5.74, 6) is 0.282. The van der Waals surface area contributed by atoms with Crippen LogP contribution in [0.4, 0.5) is 0 Å². The molecule has 0 unspecified atom stereocenters. The van der Waals surface area contributed by atoms with Crippen LogP contribution in [0, 0.1) is 5.92 Å². The van der Waals surface area contributed by atoms with Gasteiger partial charge in [-0.3, -0.25) is 4.79 Å². The van der Waals surface area contributed by atoms with Crippen LogP contribution in [0.15, 0.2) is 48.1 Å². The van der Waals surface area contributed by atoms with Gasteiger partial charge >= 0.3 is 0 Å². The van der Waals surface area contributed by atoms with Crippen molar-refractivity contribution < 1.29 is 14.0 Å². The smallest absolute Gasteiger partial charge is 0.192 e. The van der Waals surface area contributed by atoms with E-state index in [0.29, 0.717) is 6.42 Å². The molecule has 0 aromatic rings. The molecule has 3 nitrogen and oxygen atoms in total. The van der Waals surface area contributed by atoms with E-state index in [2.05, 4.69) is 71.2 Å². The van der Waals surface area contributed by atoms with Crippen molar-refractivity contribution in [2.45, 2.75) is 96.9 Å². The quantitative estimate of drug-likeness (QED) is 0.103. The van der Waals surface area contributed by atoms with Crippen LogP contribution in [-0.2, 0) is 14.0 Å². The Balaban J connectivity index is 2.81. The Morgan fingerprint density at radius 1 is 1.10 bits per heavy atom. The minimum Gasteiger partial charge on any atom is -0.413 e. The minimum absolute atomic E-state index is 0.106. The number of ketones is 1. The second-order valence-electron chi connectivity index (χ2n) is 9.65. The average Bonchev–Trinajstić information content (AvgIpc) is 3.01. The fourth-order valence-electron chi connectivity index (χ4n) is 3.18. The zero-order valence-corrected chi connectivity index (χ0v) is 20.9. The summed E-state index contributed by atoms with van der Waals surface area (Å²) in [5, 5.41) is 0.161. The van der Waals surface area contributed by atoms with E-state index in [9.17, 15) is 9.59 Å². The van der Waals surface area contributed by atoms with E-state index in [-0.39, 0.29) is 22.8 Å². The summed E-state index contributed by atoms with van der Waals surface area (Å²) in [7, 11) is -1.88. The third-order valence-electron chi connectivity index (χ3n) is 6.08. The van der Waals surface area contributed by atoms with Crippen molar-refractivity contribution in [3.8, 4) is 0 Å². The molecule has 30 heavy (non-hydrogen) atoms. The number of carbonyl (C=O) groups is 2. The molecule has 2 atom stereocenters. The SMILES string of the molecule is CC/C=C\C[C@@H](C/C=C1/C(=O)C=C[C@@H]1C/C=C\CCCC=O)O[Si](C)(C)C(C)(C)C. The van der Waals surface area contributed by atoms with Gasteiger partial charge < -0.3 is 9.22 Å². The number of allylic oxidation sites excluding steroid dienone is 6. The Morgan fingerprint density at radius 2 is 1.83 bits per heavy atom. The van der Waals surface area contributed by atoms with Crippen LogP contribution in [0.1, 0.15) is 72.6 Å². The molecule has 0 spiro atoms. The summed E-state index contributed by atoms with van der Waals surface area (Å²) in [6.07, 6.45) is 21.5. The van der Waals surface area contributed by atoms with Gasteiger partial charge in [0.1, 0.15) is 6.29 Å². The van der Waals surface area contributed by atoms with Gasteiger partial charge in [0.15, 0.2) is 14.1 Å². The number of rotatable bonds is 13. The van der Waals surface area contributed by atoms with Crippen molar-refractivity contribution in [1.82, 2.24) is 0 Å². The molecule has 0 heterocycles. The summed E-state index contributed by atoms with van der Waals surface area (Å²) < 4.78 is 6.68. The second kappa shape index (κ2) is 13.0. The lowest BCUT2D eigenvalue weighted by atomic mass is 9.96. The Hall–Kier alpha value is -1.52. The van der Waals surface area contributed by atoms with Crippen LogP contribution in [0.3, 0.4) is 0 Å². The van der Waals surface area contributed by atoms with Crippen LogP contribution in [-0.4, -0.2) is 26.5 Å². The molecule has 0 fully saturated rings. The normalized spacial score (nSPS) is 20.1. The summed E-state index contributed by atoms with van der Waals surface area (Å²) in [4.78, 5) is 22.8. The Kier molecular flexibility index (Phi) is 11.5. The lowest BCUT2D eigenvalue weighted by Gasteiger charge is -2.39. The lowest BCUT2D eigenvalue weighted by molar-refractivity contribution is -0.111. The molecule has 1 rings (SSSR count). The van der Waals surface area contributed by atoms with Gasteiger partial charge in [-0.1, -0.05) is 64.2 Å². The van der Waals surface area contributed by atoms with Crippen molar-refractivity contribution in [3.63, 3.8) is 0 Å². The van der Waals surface area contributed by atoms with Gasteiger partial charge in [-0.05, 0) is 62.7 Å². The monoisotopic (exact) mass is 430 g/mol. The number of aldehydes is 1. The summed E-state index contributed by atoms with van der Waals surface area (Å²) in [6.45, 7) is 13.5. The van der Waals surface area contributed by atoms with Gasteiger partial charge in [-0.2, -0.15) is 0 Å². The molecule has 4 heteroatoms. The van der Waals surface area contributed by atoms with Gasteiger partial charge in [-0.25, -0.2) is 0 Å². The molecule has 0 saturated heterocycles. The number of hydrogen-bond donors (Lipinski definition) is 0. The van der Waals surface area contributed by atoms with Gasteiger partial charge in [0.2, 0.25) is 0 Å². The highest BCUT2D eigenvalue weighted by Crippen LogP contribution is 2.38. The first-order chi connectivity index (χ1) is 14.1. The third kappa shape index (κ3) is 9.09. The van der Waals surface area contributed by atoms with Crippen molar-refractivity contribution in [1.29, 1.82) is 0 Å². The zero-order chi connectivity index (χ0) is 22.6. The Bertz CT molecular complexity index is 662. The second-order valence-corrected chi connectivity index (χ2v) is 14.4. The van der Waals surface area contributed by atoms with Crippen LogP contribution in [0.2, 0.25) is 18.1 Å². The van der Waals surface area contributed by atoms with Gasteiger partial charge in [0.05, 0.1) is 6.10 Å². The van der Waals surface area contributed by atoms with Crippen molar-refractivity contribution >= 4 is 20.4 Å². The van der Waals surface area contributed by atoms with Crippen molar-refractivity contribution in [3.05, 3.63) is 48.1 Å². The van der Waals surface area contributed by atoms with Crippen LogP contribution in [0.5, 0.6) is 0 Å². The molecule has 168 valence electrons. The van der Waals surface area contributed by atoms with Gasteiger partial charge in [-0.15, -0.1) is 0 Å². The summed E-state index contributed by atoms with van der Waals surface area (Å²) >= 11 is 0. The molecule has 0 aromatic carbocycles. The average molecular weight is 431 g/mol. The van der Waals surface area contributed by atoms with E-state index >= 15 is 0 Å². The third-order valence-corrected chi connectivity index (χ3v) is 10.6. The topological polar surface area (TPSA) is 43.4 Å². The molecule has 0 aliphatic heterocycles. The fourth-order valence-corrected chi connectivity index (χ4v) is 4.56. The molecule has 0 amide bonds. The van der Waals surface area contributed by atoms with E-state index in [0.717, 1.165) is 50.4 Å². The summed E-state index contributed by atoms with van der Waals surface area (Å²) in [5.41, 5.74) is 0.899. The number of hydrogen-bond acceptors (Lipinski definition) is 3. The summed E-state index contributed by atoms with van der Waals surface area (Å²) in [6, 6.07) is 0. The fraction of sp³-hybridized carbons (Fsp3) is 0.615. The van der Waals surface area contributed by atoms with Crippen LogP contribution >= 0.6 is 0 Å². The minimum atomic E-state index is -1.88. The first-order valence-corrected chi connectivity index (χ1v) is 14.4. The van der Waals surface area contributed by atoms with Crippen molar-refractivity contribution in [2.24, 2.45) is 5.92 Å². The van der Waals surface area contributed by atoms with E-state index in [1.165, 1.54) is 0 Å². The molecular formula is C26H42O3Si. The molecule has 0 aromatic heterocycles. The van der Waals surface area contributed by atoms with Gasteiger partial charge in [0.25, 0.3) is 0 Å². The van der Waals surface area contributed by atoms with E-state index in [4.69, 9.17) is 4.43 Å². The first kappa shape index (κ1) is 26.5. The largest absolute Gasteiger partial charge is 0.413 e. The molecule has 0 bridgehead atoms. The maximum atomic E-state index is 12.4. The predicted octanol–water partition coefficient (Wildman–Crippen LogP) is 7.12. The zero-order valence-electron chi connectivity index (χ0n) is 19.9. The van der Waals surface area contributed by atoms with E-state index in [1.54, 1.807) is 6.08 Å². The highest BCUT2D eigenvalue weighted by atomic mass is 28.4. The maximum absolute atomic E-state index is 12.4. The van der Waals surface area contributed by atoms with E-state index in [1.807, 2.05) is 6.08 Å². The standard InChI is InChI=1S/C26H42O3Si/c1-7-8-12-16-23(29-30(5,6)26(2,3)4)18-19-24-22(17-20-25(24)28)15-13-10-9-11-14-21-27/h8,10,12-13,17,19-23H,7,9,11,14-16,18H2,1-6H3/b12-8-,13-10-,24-19+/t22-,23-/m0/s1. The highest BCUT2D eigenvalue weighted by molar-refractivity contribution is 6.74. The molecule has 1 aliphatic carbocycles. The molecule has 1 aliphatic rings. The molecular weight excluding hydrogens is 388 g/mol. The molecule has 0 saturated carbocycles. The molecule has 0 radical (unpaired) electrons. The number of unbranched alkanes of at least 4 members (excludes halogenated alkanes) is 2. The lowest BCUT2D eigenvalue weighted by Crippen LogP contribution is -2.43. The predicted molar refractivity (Wildman–Crippen MR) is 130 cm³/mol. The van der Waals surface area contributed by atoms with Crippen molar-refractivity contribution in [2.75, 3.05) is 0 Å². The first-order valence-electron chi connectivity index (χ1n) is 11.5. The van der Waals surface area contributed by atoms with Gasteiger partial charge in [0, 0.05) is 17.9 Å². The Morgan fingerprint density at radius 3 is 2.47 bits per heavy atom. The van der Waals surface area contributed by atoms with Crippen LogP contribution < -0.4 is 0 Å². The molecule has 0 N–H and O–H groups in total. The maximum Gasteiger partial charge on any atom is 0.192 e.